The predicted octanol–water partition coefficient (Wildman–Crippen LogP) is 5.66. The van der Waals surface area contributed by atoms with Crippen LogP contribution in [0.1, 0.15) is 46.8 Å². The summed E-state index contributed by atoms with van der Waals surface area (Å²) < 4.78 is 7.45. The quantitative estimate of drug-likeness (QED) is 0.367. The third-order valence-corrected chi connectivity index (χ3v) is 7.90. The topological polar surface area (TPSA) is 92.8 Å². The second-order valence-corrected chi connectivity index (χ2v) is 10.8. The molecule has 1 aliphatic heterocycles. The van der Waals surface area contributed by atoms with Crippen molar-refractivity contribution in [3.63, 3.8) is 0 Å². The van der Waals surface area contributed by atoms with Gasteiger partial charge in [0, 0.05) is 41.0 Å². The fraction of sp³-hybridized carbons (Fsp3) is 0.290. The minimum atomic E-state index is -0.675. The number of hydrogen-bond acceptors (Lipinski definition) is 5. The van der Waals surface area contributed by atoms with E-state index in [-0.39, 0.29) is 5.91 Å². The van der Waals surface area contributed by atoms with Crippen molar-refractivity contribution >= 4 is 11.6 Å². The molecule has 1 aliphatic carbocycles. The first-order chi connectivity index (χ1) is 18.4. The molecule has 4 aromatic rings. The van der Waals surface area contributed by atoms with E-state index < -0.39 is 5.41 Å². The molecule has 7 heteroatoms. The zero-order valence-corrected chi connectivity index (χ0v) is 21.7. The van der Waals surface area contributed by atoms with Gasteiger partial charge in [-0.25, -0.2) is 4.68 Å². The summed E-state index contributed by atoms with van der Waals surface area (Å²) in [5, 5.41) is 17.1. The van der Waals surface area contributed by atoms with Crippen LogP contribution < -0.4 is 5.32 Å². The predicted molar refractivity (Wildman–Crippen MR) is 145 cm³/mol. The molecule has 0 bridgehead atoms. The molecular weight excluding hydrogens is 474 g/mol. The van der Waals surface area contributed by atoms with Crippen LogP contribution in [0.25, 0.3) is 16.8 Å². The highest BCUT2D eigenvalue weighted by Gasteiger charge is 2.55. The highest BCUT2D eigenvalue weighted by molar-refractivity contribution is 6.04. The van der Waals surface area contributed by atoms with Gasteiger partial charge in [0.05, 0.1) is 36.6 Å². The van der Waals surface area contributed by atoms with Crippen LogP contribution in [0, 0.1) is 30.1 Å². The lowest BCUT2D eigenvalue weighted by Gasteiger charge is -2.16. The average molecular weight is 504 g/mol. The lowest BCUT2D eigenvalue weighted by molar-refractivity contribution is 0.102. The second kappa shape index (κ2) is 9.23. The number of benzene rings is 2. The molecule has 1 saturated carbocycles. The summed E-state index contributed by atoms with van der Waals surface area (Å²) >= 11 is 0. The normalized spacial score (nSPS) is 20.0. The van der Waals surface area contributed by atoms with E-state index in [0.29, 0.717) is 29.0 Å². The molecule has 0 spiro atoms. The number of carbonyl (C=O) groups is 1. The maximum absolute atomic E-state index is 13.1. The Morgan fingerprint density at radius 1 is 1.13 bits per heavy atom. The smallest absolute Gasteiger partial charge is 0.255 e. The molecule has 3 heterocycles. The fourth-order valence-electron chi connectivity index (χ4n) is 5.48. The maximum Gasteiger partial charge on any atom is 0.255 e. The Balaban J connectivity index is 1.25. The number of amides is 1. The van der Waals surface area contributed by atoms with E-state index in [0.717, 1.165) is 41.2 Å². The van der Waals surface area contributed by atoms with Gasteiger partial charge in [-0.1, -0.05) is 18.2 Å². The molecule has 6 rings (SSSR count). The molecule has 1 N–H and O–H groups in total. The lowest BCUT2D eigenvalue weighted by atomic mass is 9.85. The van der Waals surface area contributed by atoms with Crippen molar-refractivity contribution < 1.29 is 9.53 Å². The van der Waals surface area contributed by atoms with Gasteiger partial charge in [0.1, 0.15) is 0 Å². The van der Waals surface area contributed by atoms with E-state index >= 15 is 0 Å². The first-order valence-electron chi connectivity index (χ1n) is 12.9. The molecule has 2 unspecified atom stereocenters. The largest absolute Gasteiger partial charge is 0.381 e. The van der Waals surface area contributed by atoms with Gasteiger partial charge in [0.25, 0.3) is 5.91 Å². The number of pyridine rings is 1. The summed E-state index contributed by atoms with van der Waals surface area (Å²) in [7, 11) is 0. The van der Waals surface area contributed by atoms with Crippen molar-refractivity contribution in [2.24, 2.45) is 11.8 Å². The number of ether oxygens (including phenoxy) is 1. The molecule has 2 aromatic carbocycles. The number of aromatic nitrogens is 3. The van der Waals surface area contributed by atoms with Crippen molar-refractivity contribution in [2.45, 2.75) is 32.1 Å². The fourth-order valence-corrected chi connectivity index (χ4v) is 5.48. The number of rotatable bonds is 6. The van der Waals surface area contributed by atoms with E-state index in [4.69, 9.17) is 4.74 Å². The Hall–Kier alpha value is -4.28. The molecule has 2 atom stereocenters. The first kappa shape index (κ1) is 24.1. The number of nitrogens with zero attached hydrogens (tertiary/aromatic N) is 4. The van der Waals surface area contributed by atoms with Crippen LogP contribution in [-0.4, -0.2) is 33.9 Å². The van der Waals surface area contributed by atoms with Crippen molar-refractivity contribution in [1.29, 1.82) is 5.26 Å². The van der Waals surface area contributed by atoms with Gasteiger partial charge in [-0.05, 0) is 85.5 Å². The summed E-state index contributed by atoms with van der Waals surface area (Å²) in [4.78, 5) is 17.5. The van der Waals surface area contributed by atoms with Crippen LogP contribution in [0.4, 0.5) is 5.69 Å². The van der Waals surface area contributed by atoms with Crippen molar-refractivity contribution in [1.82, 2.24) is 14.8 Å². The number of nitrogens with one attached hydrogen (secondary N) is 1. The molecule has 2 aliphatic rings. The number of hydrogen-bond donors (Lipinski definition) is 1. The second-order valence-electron chi connectivity index (χ2n) is 10.8. The van der Waals surface area contributed by atoms with Gasteiger partial charge in [-0.3, -0.25) is 9.78 Å². The van der Waals surface area contributed by atoms with Crippen LogP contribution in [0.5, 0.6) is 0 Å². The molecular formula is C31H29N5O2. The van der Waals surface area contributed by atoms with Crippen LogP contribution >= 0.6 is 0 Å². The number of carbonyl (C=O) groups excluding carboxylic acids is 1. The minimum absolute atomic E-state index is 0.226. The standard InChI is InChI=1S/C31H29N5O2/c1-19-7-8-23(35-30(37)20-5-4-6-22(11-20)31(2,3)18-32)12-28(19)36-15-21(13-34-36)25-14-33-10-9-24(25)29-26-16-38-17-27(26)29/h4-15,26-27,29H,16-17H2,1-3H3,(H,35,37). The first-order valence-corrected chi connectivity index (χ1v) is 12.9. The Bertz CT molecular complexity index is 1570. The Kier molecular flexibility index (Phi) is 5.85. The molecule has 7 nitrogen and oxygen atoms in total. The zero-order chi connectivity index (χ0) is 26.4. The number of fused-ring (bicyclic) bond motifs is 1. The monoisotopic (exact) mass is 503 g/mol. The van der Waals surface area contributed by atoms with Crippen molar-refractivity contribution in [3.05, 3.63) is 95.6 Å². The number of anilines is 1. The summed E-state index contributed by atoms with van der Waals surface area (Å²) in [6, 6.07) is 17.4. The third-order valence-electron chi connectivity index (χ3n) is 7.90. The SMILES string of the molecule is Cc1ccc(NC(=O)c2cccc(C(C)(C)C#N)c2)cc1-n1cc(-c2cnccc2C2C3COCC32)cn1. The summed E-state index contributed by atoms with van der Waals surface area (Å²) in [5.41, 5.74) is 6.68. The van der Waals surface area contributed by atoms with Gasteiger partial charge in [0.2, 0.25) is 0 Å². The lowest BCUT2D eigenvalue weighted by Crippen LogP contribution is -2.17. The minimum Gasteiger partial charge on any atom is -0.381 e. The third kappa shape index (κ3) is 4.27. The summed E-state index contributed by atoms with van der Waals surface area (Å²) in [5.74, 6) is 1.53. The number of aryl methyl sites for hydroxylation is 1. The highest BCUT2D eigenvalue weighted by Crippen LogP contribution is 2.58. The van der Waals surface area contributed by atoms with Gasteiger partial charge < -0.3 is 10.1 Å². The summed E-state index contributed by atoms with van der Waals surface area (Å²) in [6.07, 6.45) is 7.70. The van der Waals surface area contributed by atoms with Crippen LogP contribution in [0.15, 0.2) is 73.3 Å². The molecule has 2 aromatic heterocycles. The van der Waals surface area contributed by atoms with Gasteiger partial charge in [0.15, 0.2) is 0 Å². The summed E-state index contributed by atoms with van der Waals surface area (Å²) in [6.45, 7) is 7.39. The number of nitriles is 1. The van der Waals surface area contributed by atoms with E-state index in [9.17, 15) is 10.1 Å². The van der Waals surface area contributed by atoms with Crippen LogP contribution in [0.3, 0.4) is 0 Å². The Labute approximate surface area is 222 Å². The van der Waals surface area contributed by atoms with Gasteiger partial charge >= 0.3 is 0 Å². The molecule has 38 heavy (non-hydrogen) atoms. The van der Waals surface area contributed by atoms with E-state index in [1.807, 2.05) is 80.6 Å². The van der Waals surface area contributed by atoms with Crippen LogP contribution in [-0.2, 0) is 10.2 Å². The zero-order valence-electron chi connectivity index (χ0n) is 21.7. The average Bonchev–Trinajstić information content (AvgIpc) is 3.27. The van der Waals surface area contributed by atoms with E-state index in [1.165, 1.54) is 5.56 Å². The molecule has 190 valence electrons. The molecule has 1 saturated heterocycles. The molecule has 2 fully saturated rings. The molecule has 1 amide bonds. The van der Waals surface area contributed by atoms with Crippen LogP contribution in [0.2, 0.25) is 0 Å². The van der Waals surface area contributed by atoms with Crippen molar-refractivity contribution in [2.75, 3.05) is 18.5 Å². The van der Waals surface area contributed by atoms with E-state index in [1.54, 1.807) is 12.1 Å². The molecule has 0 radical (unpaired) electrons. The van der Waals surface area contributed by atoms with E-state index in [2.05, 4.69) is 27.5 Å². The van der Waals surface area contributed by atoms with Crippen molar-refractivity contribution in [3.8, 4) is 22.9 Å². The van der Waals surface area contributed by atoms with Gasteiger partial charge in [-0.15, -0.1) is 0 Å². The Morgan fingerprint density at radius 2 is 1.95 bits per heavy atom. The maximum atomic E-state index is 13.1. The van der Waals surface area contributed by atoms with Gasteiger partial charge in [-0.2, -0.15) is 10.4 Å². The highest BCUT2D eigenvalue weighted by atomic mass is 16.5. The Morgan fingerprint density at radius 3 is 2.74 bits per heavy atom.